The zero-order chi connectivity index (χ0) is 16.1. The van der Waals surface area contributed by atoms with Gasteiger partial charge in [0.1, 0.15) is 0 Å². The molecule has 0 aliphatic carbocycles. The van der Waals surface area contributed by atoms with Gasteiger partial charge < -0.3 is 5.32 Å². The van der Waals surface area contributed by atoms with E-state index >= 15 is 0 Å². The van der Waals surface area contributed by atoms with Crippen LogP contribution in [0.1, 0.15) is 24.0 Å². The van der Waals surface area contributed by atoms with Crippen LogP contribution < -0.4 is 5.32 Å². The largest absolute Gasteiger partial charge is 0.351 e. The Balaban J connectivity index is 1.59. The standard InChI is InChI=1S/C19H21ClN2O/c20-17-10-5-4-9-16(17)13-21-19(23)18-11-6-12-22(18)14-15-7-2-1-3-8-15/h1-5,7-10,18H,6,11-14H2,(H,21,23)/t18-/m1/s1. The Morgan fingerprint density at radius 2 is 1.87 bits per heavy atom. The van der Waals surface area contributed by atoms with E-state index in [1.165, 1.54) is 5.56 Å². The van der Waals surface area contributed by atoms with Crippen molar-refractivity contribution >= 4 is 17.5 Å². The molecule has 2 aromatic carbocycles. The highest BCUT2D eigenvalue weighted by molar-refractivity contribution is 6.31. The van der Waals surface area contributed by atoms with Gasteiger partial charge in [-0.15, -0.1) is 0 Å². The minimum Gasteiger partial charge on any atom is -0.351 e. The van der Waals surface area contributed by atoms with Crippen LogP contribution in [0.3, 0.4) is 0 Å². The number of halogens is 1. The number of rotatable bonds is 5. The maximum atomic E-state index is 12.5. The summed E-state index contributed by atoms with van der Waals surface area (Å²) in [6, 6.07) is 17.9. The quantitative estimate of drug-likeness (QED) is 0.909. The van der Waals surface area contributed by atoms with E-state index in [1.807, 2.05) is 42.5 Å². The smallest absolute Gasteiger partial charge is 0.237 e. The minimum absolute atomic E-state index is 0.0438. The van der Waals surface area contributed by atoms with E-state index in [0.717, 1.165) is 31.5 Å². The highest BCUT2D eigenvalue weighted by Gasteiger charge is 2.30. The summed E-state index contributed by atoms with van der Waals surface area (Å²) in [5, 5.41) is 3.73. The average Bonchev–Trinajstić information content (AvgIpc) is 3.03. The molecule has 23 heavy (non-hydrogen) atoms. The summed E-state index contributed by atoms with van der Waals surface area (Å²) in [7, 11) is 0. The monoisotopic (exact) mass is 328 g/mol. The molecule has 1 atom stereocenters. The van der Waals surface area contributed by atoms with Crippen molar-refractivity contribution in [1.82, 2.24) is 10.2 Å². The Morgan fingerprint density at radius 3 is 2.65 bits per heavy atom. The fourth-order valence-corrected chi connectivity index (χ4v) is 3.27. The van der Waals surface area contributed by atoms with Crippen molar-refractivity contribution in [2.75, 3.05) is 6.54 Å². The van der Waals surface area contributed by atoms with Gasteiger partial charge in [0.25, 0.3) is 0 Å². The van der Waals surface area contributed by atoms with Crippen LogP contribution in [-0.2, 0) is 17.9 Å². The zero-order valence-corrected chi connectivity index (χ0v) is 13.8. The number of benzene rings is 2. The third kappa shape index (κ3) is 4.12. The first-order valence-electron chi connectivity index (χ1n) is 8.03. The molecule has 1 aliphatic heterocycles. The zero-order valence-electron chi connectivity index (χ0n) is 13.0. The summed E-state index contributed by atoms with van der Waals surface area (Å²) < 4.78 is 0. The number of carbonyl (C=O) groups is 1. The lowest BCUT2D eigenvalue weighted by molar-refractivity contribution is -0.125. The molecule has 1 saturated heterocycles. The Kier molecular flexibility index (Phi) is 5.31. The molecular formula is C19H21ClN2O. The number of nitrogens with one attached hydrogen (secondary N) is 1. The normalized spacial score (nSPS) is 18.0. The van der Waals surface area contributed by atoms with Gasteiger partial charge in [-0.2, -0.15) is 0 Å². The molecule has 0 aromatic heterocycles. The molecule has 1 amide bonds. The highest BCUT2D eigenvalue weighted by Crippen LogP contribution is 2.21. The van der Waals surface area contributed by atoms with Gasteiger partial charge in [0.05, 0.1) is 6.04 Å². The van der Waals surface area contributed by atoms with Crippen LogP contribution >= 0.6 is 11.6 Å². The van der Waals surface area contributed by atoms with Gasteiger partial charge in [-0.25, -0.2) is 0 Å². The predicted octanol–water partition coefficient (Wildman–Crippen LogP) is 3.62. The molecular weight excluding hydrogens is 308 g/mol. The molecule has 1 aliphatic rings. The van der Waals surface area contributed by atoms with Crippen LogP contribution in [0.2, 0.25) is 5.02 Å². The molecule has 0 bridgehead atoms. The number of nitrogens with zero attached hydrogens (tertiary/aromatic N) is 1. The predicted molar refractivity (Wildman–Crippen MR) is 93.2 cm³/mol. The van der Waals surface area contributed by atoms with E-state index in [4.69, 9.17) is 11.6 Å². The van der Waals surface area contributed by atoms with Gasteiger partial charge in [-0.05, 0) is 36.6 Å². The summed E-state index contributed by atoms with van der Waals surface area (Å²) >= 11 is 6.14. The molecule has 0 saturated carbocycles. The van der Waals surface area contributed by atoms with Crippen molar-refractivity contribution < 1.29 is 4.79 Å². The topological polar surface area (TPSA) is 32.3 Å². The Hall–Kier alpha value is -1.84. The van der Waals surface area contributed by atoms with E-state index in [9.17, 15) is 4.79 Å². The van der Waals surface area contributed by atoms with Gasteiger partial charge in [-0.3, -0.25) is 9.69 Å². The average molecular weight is 329 g/mol. The molecule has 120 valence electrons. The second-order valence-electron chi connectivity index (χ2n) is 5.92. The first-order chi connectivity index (χ1) is 11.2. The van der Waals surface area contributed by atoms with Crippen molar-refractivity contribution in [1.29, 1.82) is 0 Å². The van der Waals surface area contributed by atoms with Gasteiger partial charge in [0.2, 0.25) is 5.91 Å². The molecule has 4 heteroatoms. The first-order valence-corrected chi connectivity index (χ1v) is 8.41. The van der Waals surface area contributed by atoms with Gasteiger partial charge in [-0.1, -0.05) is 60.1 Å². The third-order valence-corrected chi connectivity index (χ3v) is 4.67. The first kappa shape index (κ1) is 16.0. The summed E-state index contributed by atoms with van der Waals surface area (Å²) in [6.45, 7) is 2.28. The lowest BCUT2D eigenvalue weighted by atomic mass is 10.1. The maximum absolute atomic E-state index is 12.5. The summed E-state index contributed by atoms with van der Waals surface area (Å²) in [6.07, 6.45) is 1.98. The third-order valence-electron chi connectivity index (χ3n) is 4.31. The molecule has 2 aromatic rings. The summed E-state index contributed by atoms with van der Waals surface area (Å²) in [5.74, 6) is 0.0957. The van der Waals surface area contributed by atoms with E-state index in [1.54, 1.807) is 0 Å². The van der Waals surface area contributed by atoms with Crippen LogP contribution in [-0.4, -0.2) is 23.4 Å². The summed E-state index contributed by atoms with van der Waals surface area (Å²) in [4.78, 5) is 14.8. The molecule has 3 nitrogen and oxygen atoms in total. The molecule has 3 rings (SSSR count). The number of carbonyl (C=O) groups excluding carboxylic acids is 1. The van der Waals surface area contributed by atoms with Crippen LogP contribution in [0.5, 0.6) is 0 Å². The van der Waals surface area contributed by atoms with Gasteiger partial charge in [0.15, 0.2) is 0 Å². The highest BCUT2D eigenvalue weighted by atomic mass is 35.5. The van der Waals surface area contributed by atoms with Crippen molar-refractivity contribution in [2.24, 2.45) is 0 Å². The Bertz CT molecular complexity index is 659. The lowest BCUT2D eigenvalue weighted by Gasteiger charge is -2.23. The molecule has 1 heterocycles. The number of hydrogen-bond donors (Lipinski definition) is 1. The SMILES string of the molecule is O=C(NCc1ccccc1Cl)[C@H]1CCCN1Cc1ccccc1. The van der Waals surface area contributed by atoms with Gasteiger partial charge >= 0.3 is 0 Å². The second-order valence-corrected chi connectivity index (χ2v) is 6.33. The molecule has 1 fully saturated rings. The van der Waals surface area contributed by atoms with E-state index in [2.05, 4.69) is 22.3 Å². The van der Waals surface area contributed by atoms with E-state index < -0.39 is 0 Å². The van der Waals surface area contributed by atoms with E-state index in [0.29, 0.717) is 11.6 Å². The second kappa shape index (κ2) is 7.62. The molecule has 0 radical (unpaired) electrons. The van der Waals surface area contributed by atoms with Crippen molar-refractivity contribution in [2.45, 2.75) is 32.0 Å². The number of hydrogen-bond acceptors (Lipinski definition) is 2. The van der Waals surface area contributed by atoms with Crippen LogP contribution in [0.15, 0.2) is 54.6 Å². The lowest BCUT2D eigenvalue weighted by Crippen LogP contribution is -2.42. The van der Waals surface area contributed by atoms with Crippen molar-refractivity contribution in [3.63, 3.8) is 0 Å². The van der Waals surface area contributed by atoms with Crippen LogP contribution in [0.25, 0.3) is 0 Å². The number of likely N-dealkylation sites (tertiary alicyclic amines) is 1. The van der Waals surface area contributed by atoms with Crippen molar-refractivity contribution in [3.8, 4) is 0 Å². The van der Waals surface area contributed by atoms with E-state index in [-0.39, 0.29) is 11.9 Å². The maximum Gasteiger partial charge on any atom is 0.237 e. The Morgan fingerprint density at radius 1 is 1.13 bits per heavy atom. The summed E-state index contributed by atoms with van der Waals surface area (Å²) in [5.41, 5.74) is 2.20. The number of amides is 1. The fraction of sp³-hybridized carbons (Fsp3) is 0.316. The van der Waals surface area contributed by atoms with Crippen molar-refractivity contribution in [3.05, 3.63) is 70.7 Å². The van der Waals surface area contributed by atoms with Crippen LogP contribution in [0.4, 0.5) is 0 Å². The molecule has 0 spiro atoms. The van der Waals surface area contributed by atoms with Gasteiger partial charge in [0, 0.05) is 18.1 Å². The molecule has 0 unspecified atom stereocenters. The fourth-order valence-electron chi connectivity index (χ4n) is 3.07. The minimum atomic E-state index is -0.0438. The Labute approximate surface area is 142 Å². The molecule has 1 N–H and O–H groups in total. The van der Waals surface area contributed by atoms with Crippen LogP contribution in [0, 0.1) is 0 Å².